The van der Waals surface area contributed by atoms with Crippen molar-refractivity contribution >= 4 is 51.8 Å². The van der Waals surface area contributed by atoms with Gasteiger partial charge < -0.3 is 15.4 Å². The van der Waals surface area contributed by atoms with Gasteiger partial charge in [-0.2, -0.15) is 0 Å². The largest absolute Gasteiger partial charge is 0.495 e. The highest BCUT2D eigenvalue weighted by molar-refractivity contribution is 7.21. The van der Waals surface area contributed by atoms with E-state index in [9.17, 15) is 9.59 Å². The molecule has 0 radical (unpaired) electrons. The van der Waals surface area contributed by atoms with Crippen molar-refractivity contribution in [1.82, 2.24) is 5.32 Å². The van der Waals surface area contributed by atoms with Crippen LogP contribution >= 0.6 is 34.3 Å². The number of rotatable bonds is 6. The number of hydrogen-bond acceptors (Lipinski definition) is 5. The fourth-order valence-corrected chi connectivity index (χ4v) is 4.41. The Hall–Kier alpha value is -2.35. The van der Waals surface area contributed by atoms with E-state index < -0.39 is 11.8 Å². The minimum Gasteiger partial charge on any atom is -0.495 e. The Morgan fingerprint density at radius 1 is 1.11 bits per heavy atom. The van der Waals surface area contributed by atoms with Crippen molar-refractivity contribution in [3.8, 4) is 15.5 Å². The Kier molecular flexibility index (Phi) is 6.49. The molecule has 2 N–H and O–H groups in total. The highest BCUT2D eigenvalue weighted by Gasteiger charge is 2.16. The normalized spacial score (nSPS) is 10.4. The standard InChI is InChI=1S/C19H17ClN2O3S2/c1-25-15-6-4-12(20)11-14(15)22-19(24)18(23)21-9-8-13-5-7-17(27-13)16-3-2-10-26-16/h2-7,10-11H,8-9H2,1H3,(H,21,23)(H,22,24). The fourth-order valence-electron chi connectivity index (χ4n) is 2.40. The minimum atomic E-state index is -0.763. The molecule has 0 fully saturated rings. The molecule has 3 rings (SSSR count). The van der Waals surface area contributed by atoms with Gasteiger partial charge in [-0.25, -0.2) is 0 Å². The lowest BCUT2D eigenvalue weighted by Gasteiger charge is -2.10. The van der Waals surface area contributed by atoms with Gasteiger partial charge in [0.1, 0.15) is 5.75 Å². The first-order valence-electron chi connectivity index (χ1n) is 8.12. The second-order valence-corrected chi connectivity index (χ2v) is 8.10. The van der Waals surface area contributed by atoms with Crippen LogP contribution in [0.2, 0.25) is 5.02 Å². The smallest absolute Gasteiger partial charge is 0.313 e. The van der Waals surface area contributed by atoms with Gasteiger partial charge in [0, 0.05) is 26.2 Å². The van der Waals surface area contributed by atoms with Crippen LogP contribution in [0.5, 0.6) is 5.75 Å². The van der Waals surface area contributed by atoms with E-state index in [0.29, 0.717) is 29.4 Å². The Balaban J connectivity index is 1.51. The molecule has 2 amide bonds. The maximum atomic E-state index is 12.1. The Labute approximate surface area is 169 Å². The summed E-state index contributed by atoms with van der Waals surface area (Å²) in [6.07, 6.45) is 0.662. The van der Waals surface area contributed by atoms with Crippen molar-refractivity contribution in [2.24, 2.45) is 0 Å². The van der Waals surface area contributed by atoms with Crippen LogP contribution in [-0.4, -0.2) is 25.5 Å². The Morgan fingerprint density at radius 3 is 2.70 bits per heavy atom. The van der Waals surface area contributed by atoms with Crippen molar-refractivity contribution in [3.05, 3.63) is 57.7 Å². The number of halogens is 1. The number of amides is 2. The average molecular weight is 421 g/mol. The summed E-state index contributed by atoms with van der Waals surface area (Å²) < 4.78 is 5.15. The summed E-state index contributed by atoms with van der Waals surface area (Å²) >= 11 is 9.30. The van der Waals surface area contributed by atoms with Crippen LogP contribution < -0.4 is 15.4 Å². The lowest BCUT2D eigenvalue weighted by atomic mass is 10.3. The van der Waals surface area contributed by atoms with Gasteiger partial charge in [-0.3, -0.25) is 9.59 Å². The van der Waals surface area contributed by atoms with E-state index in [0.717, 1.165) is 4.88 Å². The molecule has 5 nitrogen and oxygen atoms in total. The van der Waals surface area contributed by atoms with E-state index in [1.807, 2.05) is 17.5 Å². The molecule has 0 bridgehead atoms. The van der Waals surface area contributed by atoms with Crippen molar-refractivity contribution in [3.63, 3.8) is 0 Å². The SMILES string of the molecule is COc1ccc(Cl)cc1NC(=O)C(=O)NCCc1ccc(-c2cccs2)s1. The number of carbonyl (C=O) groups excluding carboxylic acids is 2. The maximum Gasteiger partial charge on any atom is 0.313 e. The average Bonchev–Trinajstić information content (AvgIpc) is 3.33. The van der Waals surface area contributed by atoms with Crippen LogP contribution in [0.1, 0.15) is 4.88 Å². The number of benzene rings is 1. The summed E-state index contributed by atoms with van der Waals surface area (Å²) in [5, 5.41) is 7.63. The maximum absolute atomic E-state index is 12.1. The molecule has 0 atom stereocenters. The predicted molar refractivity (Wildman–Crippen MR) is 111 cm³/mol. The summed E-state index contributed by atoms with van der Waals surface area (Å²) in [6.45, 7) is 0.378. The Morgan fingerprint density at radius 2 is 1.96 bits per heavy atom. The van der Waals surface area contributed by atoms with Crippen LogP contribution in [0.4, 0.5) is 5.69 Å². The first-order chi connectivity index (χ1) is 13.1. The van der Waals surface area contributed by atoms with Crippen LogP contribution in [0, 0.1) is 0 Å². The van der Waals surface area contributed by atoms with E-state index in [1.54, 1.807) is 34.8 Å². The van der Waals surface area contributed by atoms with Crippen LogP contribution in [0.3, 0.4) is 0 Å². The van der Waals surface area contributed by atoms with E-state index in [2.05, 4.69) is 22.8 Å². The van der Waals surface area contributed by atoms with Crippen LogP contribution in [0.25, 0.3) is 9.75 Å². The molecule has 2 heterocycles. The third kappa shape index (κ3) is 5.09. The molecular weight excluding hydrogens is 404 g/mol. The number of hydrogen-bond donors (Lipinski definition) is 2. The molecular formula is C19H17ClN2O3S2. The second kappa shape index (κ2) is 9.03. The van der Waals surface area contributed by atoms with Gasteiger partial charge in [0.05, 0.1) is 12.8 Å². The van der Waals surface area contributed by atoms with Gasteiger partial charge in [-0.15, -0.1) is 22.7 Å². The lowest BCUT2D eigenvalue weighted by Crippen LogP contribution is -2.36. The first-order valence-corrected chi connectivity index (χ1v) is 10.2. The van der Waals surface area contributed by atoms with Gasteiger partial charge in [-0.05, 0) is 48.2 Å². The van der Waals surface area contributed by atoms with E-state index in [-0.39, 0.29) is 0 Å². The highest BCUT2D eigenvalue weighted by atomic mass is 35.5. The van der Waals surface area contributed by atoms with Crippen molar-refractivity contribution in [1.29, 1.82) is 0 Å². The van der Waals surface area contributed by atoms with Gasteiger partial charge in [-0.1, -0.05) is 17.7 Å². The first kappa shape index (κ1) is 19.4. The van der Waals surface area contributed by atoms with Crippen molar-refractivity contribution in [2.75, 3.05) is 19.0 Å². The third-order valence-corrected chi connectivity index (χ3v) is 6.14. The number of carbonyl (C=O) groups is 2. The number of ether oxygens (including phenoxy) is 1. The zero-order valence-corrected chi connectivity index (χ0v) is 16.8. The van der Waals surface area contributed by atoms with Gasteiger partial charge in [0.15, 0.2) is 0 Å². The molecule has 3 aromatic rings. The zero-order valence-electron chi connectivity index (χ0n) is 14.5. The molecule has 0 saturated carbocycles. The molecule has 0 aliphatic rings. The topological polar surface area (TPSA) is 67.4 Å². The molecule has 1 aromatic carbocycles. The molecule has 0 saturated heterocycles. The summed E-state index contributed by atoms with van der Waals surface area (Å²) in [6, 6.07) is 13.0. The monoisotopic (exact) mass is 420 g/mol. The van der Waals surface area contributed by atoms with Gasteiger partial charge in [0.2, 0.25) is 0 Å². The summed E-state index contributed by atoms with van der Waals surface area (Å²) in [5.41, 5.74) is 0.351. The number of nitrogens with one attached hydrogen (secondary N) is 2. The van der Waals surface area contributed by atoms with E-state index in [1.165, 1.54) is 22.9 Å². The fraction of sp³-hybridized carbons (Fsp3) is 0.158. The van der Waals surface area contributed by atoms with Gasteiger partial charge >= 0.3 is 11.8 Å². The molecule has 0 unspecified atom stereocenters. The predicted octanol–water partition coefficient (Wildman–Crippen LogP) is 4.44. The van der Waals surface area contributed by atoms with Crippen molar-refractivity contribution in [2.45, 2.75) is 6.42 Å². The molecule has 27 heavy (non-hydrogen) atoms. The van der Waals surface area contributed by atoms with Crippen LogP contribution in [0.15, 0.2) is 47.8 Å². The zero-order chi connectivity index (χ0) is 19.2. The molecule has 140 valence electrons. The number of anilines is 1. The lowest BCUT2D eigenvalue weighted by molar-refractivity contribution is -0.136. The number of methoxy groups -OCH3 is 1. The molecule has 0 aliphatic heterocycles. The molecule has 0 spiro atoms. The van der Waals surface area contributed by atoms with Crippen LogP contribution in [-0.2, 0) is 16.0 Å². The summed E-state index contributed by atoms with van der Waals surface area (Å²) in [4.78, 5) is 27.7. The van der Waals surface area contributed by atoms with Crippen molar-refractivity contribution < 1.29 is 14.3 Å². The summed E-state index contributed by atoms with van der Waals surface area (Å²) in [7, 11) is 1.48. The third-order valence-electron chi connectivity index (χ3n) is 3.70. The highest BCUT2D eigenvalue weighted by Crippen LogP contribution is 2.31. The Bertz CT molecular complexity index is 938. The quantitative estimate of drug-likeness (QED) is 0.579. The second-order valence-electron chi connectivity index (χ2n) is 5.55. The summed E-state index contributed by atoms with van der Waals surface area (Å²) in [5.74, 6) is -1.03. The minimum absolute atomic E-state index is 0.351. The molecule has 8 heteroatoms. The van der Waals surface area contributed by atoms with E-state index in [4.69, 9.17) is 16.3 Å². The van der Waals surface area contributed by atoms with Gasteiger partial charge in [0.25, 0.3) is 0 Å². The number of thiophene rings is 2. The molecule has 0 aliphatic carbocycles. The van der Waals surface area contributed by atoms with E-state index >= 15 is 0 Å². The molecule has 2 aromatic heterocycles.